The van der Waals surface area contributed by atoms with Crippen molar-refractivity contribution in [3.05, 3.63) is 42.5 Å². The van der Waals surface area contributed by atoms with Gasteiger partial charge in [-0.25, -0.2) is 4.98 Å². The van der Waals surface area contributed by atoms with Gasteiger partial charge in [-0.1, -0.05) is 32.3 Å². The van der Waals surface area contributed by atoms with Crippen molar-refractivity contribution in [2.45, 2.75) is 58.9 Å². The van der Waals surface area contributed by atoms with Crippen molar-refractivity contribution in [3.63, 3.8) is 0 Å². The third-order valence-corrected chi connectivity index (χ3v) is 4.42. The van der Waals surface area contributed by atoms with E-state index in [1.54, 1.807) is 12.5 Å². The fraction of sp³-hybridized carbons (Fsp3) is 0.450. The summed E-state index contributed by atoms with van der Waals surface area (Å²) in [6, 6.07) is 6.12. The smallest absolute Gasteiger partial charge is 0.139 e. The third kappa shape index (κ3) is 3.48. The zero-order valence-electron chi connectivity index (χ0n) is 15.1. The SMILES string of the molecule is CCCCCC(C)(C)Nc1c(-c2ccoc2)nc2ccc(C)cn12. The van der Waals surface area contributed by atoms with Crippen molar-refractivity contribution in [3.8, 4) is 11.3 Å². The number of hydrogen-bond donors (Lipinski definition) is 1. The van der Waals surface area contributed by atoms with Crippen LogP contribution in [0.2, 0.25) is 0 Å². The van der Waals surface area contributed by atoms with Crippen LogP contribution >= 0.6 is 0 Å². The van der Waals surface area contributed by atoms with Crippen molar-refractivity contribution in [2.75, 3.05) is 5.32 Å². The van der Waals surface area contributed by atoms with E-state index >= 15 is 0 Å². The molecule has 3 rings (SSSR count). The molecule has 4 heteroatoms. The van der Waals surface area contributed by atoms with E-state index in [-0.39, 0.29) is 5.54 Å². The Balaban J connectivity index is 2.01. The number of anilines is 1. The Morgan fingerprint density at radius 1 is 1.21 bits per heavy atom. The topological polar surface area (TPSA) is 42.5 Å². The maximum absolute atomic E-state index is 5.28. The number of fused-ring (bicyclic) bond motifs is 1. The van der Waals surface area contributed by atoms with Crippen LogP contribution in [0.1, 0.15) is 52.0 Å². The first-order valence-corrected chi connectivity index (χ1v) is 8.79. The van der Waals surface area contributed by atoms with Gasteiger partial charge >= 0.3 is 0 Å². The lowest BCUT2D eigenvalue weighted by molar-refractivity contribution is 0.482. The minimum atomic E-state index is 0.00731. The van der Waals surface area contributed by atoms with E-state index < -0.39 is 0 Å². The number of furan rings is 1. The highest BCUT2D eigenvalue weighted by Gasteiger charge is 2.23. The zero-order chi connectivity index (χ0) is 17.2. The number of rotatable bonds is 7. The molecule has 0 atom stereocenters. The van der Waals surface area contributed by atoms with Gasteiger partial charge in [-0.15, -0.1) is 0 Å². The summed E-state index contributed by atoms with van der Waals surface area (Å²) in [4.78, 5) is 4.82. The average Bonchev–Trinajstić information content (AvgIpc) is 3.16. The van der Waals surface area contributed by atoms with Crippen LogP contribution in [0, 0.1) is 6.92 Å². The first kappa shape index (κ1) is 16.6. The summed E-state index contributed by atoms with van der Waals surface area (Å²) in [5, 5.41) is 3.74. The predicted molar refractivity (Wildman–Crippen MR) is 99.5 cm³/mol. The second-order valence-electron chi connectivity index (χ2n) is 7.22. The summed E-state index contributed by atoms with van der Waals surface area (Å²) in [5.41, 5.74) is 4.11. The lowest BCUT2D eigenvalue weighted by atomic mass is 9.96. The quantitative estimate of drug-likeness (QED) is 0.569. The normalized spacial score (nSPS) is 12.0. The van der Waals surface area contributed by atoms with E-state index in [4.69, 9.17) is 9.40 Å². The summed E-state index contributed by atoms with van der Waals surface area (Å²) in [6.07, 6.45) is 10.5. The van der Waals surface area contributed by atoms with E-state index in [0.717, 1.165) is 29.1 Å². The van der Waals surface area contributed by atoms with Crippen LogP contribution in [-0.4, -0.2) is 14.9 Å². The standard InChI is InChI=1S/C20H27N3O/c1-5-6-7-11-20(3,4)22-19-18(16-10-12-24-14-16)21-17-9-8-15(2)13-23(17)19/h8-10,12-14,22H,5-7,11H2,1-4H3. The summed E-state index contributed by atoms with van der Waals surface area (Å²) in [5.74, 6) is 1.04. The van der Waals surface area contributed by atoms with Gasteiger partial charge in [0.1, 0.15) is 17.2 Å². The number of unbranched alkanes of at least 4 members (excludes halogenated alkanes) is 2. The Hall–Kier alpha value is -2.23. The second-order valence-corrected chi connectivity index (χ2v) is 7.22. The van der Waals surface area contributed by atoms with Crippen LogP contribution in [0.5, 0.6) is 0 Å². The predicted octanol–water partition coefficient (Wildman–Crippen LogP) is 5.67. The highest BCUT2D eigenvalue weighted by Crippen LogP contribution is 2.32. The lowest BCUT2D eigenvalue weighted by Gasteiger charge is -2.28. The van der Waals surface area contributed by atoms with Crippen LogP contribution in [0.4, 0.5) is 5.82 Å². The molecule has 0 aromatic carbocycles. The molecule has 0 fully saturated rings. The molecule has 0 bridgehead atoms. The average molecular weight is 325 g/mol. The summed E-state index contributed by atoms with van der Waals surface area (Å²) in [7, 11) is 0. The molecule has 0 radical (unpaired) electrons. The largest absolute Gasteiger partial charge is 0.472 e. The number of imidazole rings is 1. The van der Waals surface area contributed by atoms with Gasteiger partial charge in [-0.3, -0.25) is 4.40 Å². The zero-order valence-corrected chi connectivity index (χ0v) is 15.1. The minimum absolute atomic E-state index is 0.00731. The molecule has 3 heterocycles. The molecule has 0 unspecified atom stereocenters. The Bertz CT molecular complexity index is 800. The second kappa shape index (κ2) is 6.71. The third-order valence-electron chi connectivity index (χ3n) is 4.42. The number of aromatic nitrogens is 2. The number of pyridine rings is 1. The molecule has 0 amide bonds. The molecular weight excluding hydrogens is 298 g/mol. The molecule has 0 aliphatic heterocycles. The van der Waals surface area contributed by atoms with Crippen molar-refractivity contribution in [2.24, 2.45) is 0 Å². The van der Waals surface area contributed by atoms with E-state index in [0.29, 0.717) is 0 Å². The summed E-state index contributed by atoms with van der Waals surface area (Å²) < 4.78 is 7.43. The Kier molecular flexibility index (Phi) is 4.65. The molecule has 0 aliphatic rings. The molecule has 4 nitrogen and oxygen atoms in total. The monoisotopic (exact) mass is 325 g/mol. The number of nitrogens with zero attached hydrogens (tertiary/aromatic N) is 2. The highest BCUT2D eigenvalue weighted by molar-refractivity contribution is 5.76. The van der Waals surface area contributed by atoms with Crippen LogP contribution in [0.25, 0.3) is 16.9 Å². The van der Waals surface area contributed by atoms with E-state index in [2.05, 4.69) is 55.7 Å². The molecule has 1 N–H and O–H groups in total. The van der Waals surface area contributed by atoms with Crippen molar-refractivity contribution >= 4 is 11.5 Å². The first-order chi connectivity index (χ1) is 11.5. The maximum atomic E-state index is 5.28. The number of nitrogens with one attached hydrogen (secondary N) is 1. The van der Waals surface area contributed by atoms with Gasteiger partial charge in [0, 0.05) is 17.3 Å². The van der Waals surface area contributed by atoms with Crippen molar-refractivity contribution < 1.29 is 4.42 Å². The van der Waals surface area contributed by atoms with Gasteiger partial charge < -0.3 is 9.73 Å². The molecular formula is C20H27N3O. The summed E-state index contributed by atoms with van der Waals surface area (Å²) in [6.45, 7) is 8.87. The van der Waals surface area contributed by atoms with Crippen molar-refractivity contribution in [1.82, 2.24) is 9.38 Å². The Morgan fingerprint density at radius 2 is 2.04 bits per heavy atom. The van der Waals surface area contributed by atoms with Gasteiger partial charge in [0.25, 0.3) is 0 Å². The number of aryl methyl sites for hydroxylation is 1. The molecule has 128 valence electrons. The van der Waals surface area contributed by atoms with Crippen LogP contribution < -0.4 is 5.32 Å². The van der Waals surface area contributed by atoms with Crippen LogP contribution in [-0.2, 0) is 0 Å². The molecule has 0 saturated carbocycles. The fourth-order valence-corrected chi connectivity index (χ4v) is 3.07. The van der Waals surface area contributed by atoms with Crippen LogP contribution in [0.15, 0.2) is 41.3 Å². The Labute approximate surface area is 143 Å². The first-order valence-electron chi connectivity index (χ1n) is 8.79. The van der Waals surface area contributed by atoms with Gasteiger partial charge in [-0.05, 0) is 44.9 Å². The molecule has 3 aromatic rings. The van der Waals surface area contributed by atoms with Gasteiger partial charge in [-0.2, -0.15) is 0 Å². The van der Waals surface area contributed by atoms with E-state index in [1.165, 1.54) is 24.8 Å². The highest BCUT2D eigenvalue weighted by atomic mass is 16.3. The Morgan fingerprint density at radius 3 is 2.75 bits per heavy atom. The van der Waals surface area contributed by atoms with Crippen LogP contribution in [0.3, 0.4) is 0 Å². The van der Waals surface area contributed by atoms with E-state index in [9.17, 15) is 0 Å². The molecule has 0 spiro atoms. The molecule has 0 saturated heterocycles. The van der Waals surface area contributed by atoms with Gasteiger partial charge in [0.05, 0.1) is 12.5 Å². The van der Waals surface area contributed by atoms with Crippen molar-refractivity contribution in [1.29, 1.82) is 0 Å². The summed E-state index contributed by atoms with van der Waals surface area (Å²) >= 11 is 0. The number of hydrogen-bond acceptors (Lipinski definition) is 3. The molecule has 0 aliphatic carbocycles. The fourth-order valence-electron chi connectivity index (χ4n) is 3.07. The van der Waals surface area contributed by atoms with E-state index in [1.807, 2.05) is 6.07 Å². The maximum Gasteiger partial charge on any atom is 0.139 e. The molecule has 3 aromatic heterocycles. The molecule has 24 heavy (non-hydrogen) atoms. The van der Waals surface area contributed by atoms with Gasteiger partial charge in [0.15, 0.2) is 0 Å². The minimum Gasteiger partial charge on any atom is -0.472 e. The van der Waals surface area contributed by atoms with Gasteiger partial charge in [0.2, 0.25) is 0 Å². The lowest BCUT2D eigenvalue weighted by Crippen LogP contribution is -2.31.